The van der Waals surface area contributed by atoms with E-state index in [0.717, 1.165) is 0 Å². The Bertz CT molecular complexity index is 867. The van der Waals surface area contributed by atoms with Gasteiger partial charge in [0.15, 0.2) is 0 Å². The zero-order valence-corrected chi connectivity index (χ0v) is 16.5. The maximum atomic E-state index is 12.9. The van der Waals surface area contributed by atoms with Crippen LogP contribution >= 0.6 is 0 Å². The highest BCUT2D eigenvalue weighted by molar-refractivity contribution is 6.01. The first-order valence-electron chi connectivity index (χ1n) is 8.83. The number of carbonyl (C=O) groups excluding carboxylic acids is 2. The zero-order chi connectivity index (χ0) is 20.9. The van der Waals surface area contributed by atoms with Crippen LogP contribution in [0.5, 0.6) is 0 Å². The van der Waals surface area contributed by atoms with Gasteiger partial charge in [0, 0.05) is 16.7 Å². The van der Waals surface area contributed by atoms with E-state index in [1.807, 2.05) is 21.1 Å². The molecule has 0 saturated heterocycles. The van der Waals surface area contributed by atoms with Gasteiger partial charge in [0.1, 0.15) is 6.26 Å². The number of nitrogens with zero attached hydrogens (tertiary/aromatic N) is 1. The number of nitrogens with one attached hydrogen (secondary N) is 2. The van der Waals surface area contributed by atoms with Gasteiger partial charge in [0.05, 0.1) is 40.2 Å². The molecule has 8 nitrogen and oxygen atoms in total. The minimum Gasteiger partial charge on any atom is -0.481 e. The lowest BCUT2D eigenvalue weighted by molar-refractivity contribution is -0.871. The SMILES string of the molecule is Cc1c(-c2ccccc2C(=O)N[C@H](CC(=O)O)C[N+](C)(C)C)coc1NC=O. The maximum absolute atomic E-state index is 12.9. The van der Waals surface area contributed by atoms with Crippen molar-refractivity contribution in [2.45, 2.75) is 19.4 Å². The molecule has 0 unspecified atom stereocenters. The van der Waals surface area contributed by atoms with Crippen LogP contribution in [0, 0.1) is 6.92 Å². The van der Waals surface area contributed by atoms with E-state index >= 15 is 0 Å². The van der Waals surface area contributed by atoms with E-state index in [4.69, 9.17) is 4.42 Å². The predicted molar refractivity (Wildman–Crippen MR) is 105 cm³/mol. The summed E-state index contributed by atoms with van der Waals surface area (Å²) in [6.07, 6.45) is 1.84. The van der Waals surface area contributed by atoms with E-state index in [1.165, 1.54) is 6.26 Å². The number of furan rings is 1. The third-order valence-electron chi connectivity index (χ3n) is 4.22. The average molecular weight is 388 g/mol. The van der Waals surface area contributed by atoms with E-state index < -0.39 is 12.0 Å². The van der Waals surface area contributed by atoms with Crippen LogP contribution in [0.4, 0.5) is 5.88 Å². The highest BCUT2D eigenvalue weighted by Crippen LogP contribution is 2.32. The van der Waals surface area contributed by atoms with Crippen molar-refractivity contribution in [3.05, 3.63) is 41.7 Å². The van der Waals surface area contributed by atoms with Crippen molar-refractivity contribution in [2.75, 3.05) is 33.0 Å². The van der Waals surface area contributed by atoms with Gasteiger partial charge in [-0.2, -0.15) is 0 Å². The summed E-state index contributed by atoms with van der Waals surface area (Å²) in [5.74, 6) is -1.02. The van der Waals surface area contributed by atoms with Crippen molar-refractivity contribution in [3.8, 4) is 11.1 Å². The van der Waals surface area contributed by atoms with Gasteiger partial charge in [-0.15, -0.1) is 0 Å². The van der Waals surface area contributed by atoms with Crippen LogP contribution in [0.1, 0.15) is 22.3 Å². The summed E-state index contributed by atoms with van der Waals surface area (Å²) in [6, 6.07) is 6.48. The van der Waals surface area contributed by atoms with Gasteiger partial charge in [-0.3, -0.25) is 19.7 Å². The van der Waals surface area contributed by atoms with Crippen LogP contribution in [-0.2, 0) is 9.59 Å². The summed E-state index contributed by atoms with van der Waals surface area (Å²) < 4.78 is 5.89. The fourth-order valence-electron chi connectivity index (χ4n) is 3.09. The smallest absolute Gasteiger partial charge is 0.305 e. The van der Waals surface area contributed by atoms with E-state index in [2.05, 4.69) is 10.6 Å². The Morgan fingerprint density at radius 2 is 1.89 bits per heavy atom. The number of likely N-dealkylation sites (N-methyl/N-ethyl adjacent to an activating group) is 1. The first kappa shape index (κ1) is 21.2. The molecule has 0 bridgehead atoms. The monoisotopic (exact) mass is 388 g/mol. The average Bonchev–Trinajstić information content (AvgIpc) is 2.94. The molecule has 2 amide bonds. The molecule has 0 aliphatic heterocycles. The largest absolute Gasteiger partial charge is 0.481 e. The van der Waals surface area contributed by atoms with Crippen LogP contribution < -0.4 is 10.6 Å². The summed E-state index contributed by atoms with van der Waals surface area (Å²) in [5, 5.41) is 14.5. The molecule has 0 fully saturated rings. The molecule has 0 aliphatic carbocycles. The maximum Gasteiger partial charge on any atom is 0.305 e. The molecule has 0 aliphatic rings. The lowest BCUT2D eigenvalue weighted by Gasteiger charge is -2.29. The highest BCUT2D eigenvalue weighted by atomic mass is 16.4. The van der Waals surface area contributed by atoms with E-state index in [-0.39, 0.29) is 12.3 Å². The number of benzene rings is 1. The molecule has 150 valence electrons. The first-order valence-corrected chi connectivity index (χ1v) is 8.83. The van der Waals surface area contributed by atoms with E-state index in [9.17, 15) is 19.5 Å². The van der Waals surface area contributed by atoms with Gasteiger partial charge in [-0.1, -0.05) is 18.2 Å². The van der Waals surface area contributed by atoms with E-state index in [1.54, 1.807) is 31.2 Å². The third-order valence-corrected chi connectivity index (χ3v) is 4.22. The topological polar surface area (TPSA) is 109 Å². The molecule has 2 rings (SSSR count). The third kappa shape index (κ3) is 5.43. The summed E-state index contributed by atoms with van der Waals surface area (Å²) in [5.41, 5.74) is 2.41. The zero-order valence-electron chi connectivity index (χ0n) is 16.5. The Balaban J connectivity index is 2.33. The molecule has 1 aromatic heterocycles. The van der Waals surface area contributed by atoms with Crippen LogP contribution in [0.3, 0.4) is 0 Å². The molecule has 8 heteroatoms. The number of anilines is 1. The second kappa shape index (κ2) is 8.71. The van der Waals surface area contributed by atoms with Gasteiger partial charge in [0.2, 0.25) is 12.3 Å². The van der Waals surface area contributed by atoms with Crippen molar-refractivity contribution in [3.63, 3.8) is 0 Å². The Labute approximate surface area is 163 Å². The fraction of sp³-hybridized carbons (Fsp3) is 0.350. The van der Waals surface area contributed by atoms with Gasteiger partial charge < -0.3 is 19.3 Å². The molecule has 2 aromatic rings. The number of hydrogen-bond acceptors (Lipinski definition) is 4. The van der Waals surface area contributed by atoms with Crippen molar-refractivity contribution >= 4 is 24.2 Å². The van der Waals surface area contributed by atoms with Gasteiger partial charge in [0.25, 0.3) is 5.91 Å². The number of carbonyl (C=O) groups is 3. The van der Waals surface area contributed by atoms with Crippen molar-refractivity contribution in [2.24, 2.45) is 0 Å². The molecule has 3 N–H and O–H groups in total. The quantitative estimate of drug-likeness (QED) is 0.450. The molecule has 1 atom stereocenters. The predicted octanol–water partition coefficient (Wildman–Crippen LogP) is 2.10. The van der Waals surface area contributed by atoms with Crippen LogP contribution in [-0.4, -0.2) is 61.6 Å². The minimum atomic E-state index is -0.970. The molecule has 0 spiro atoms. The Kier molecular flexibility index (Phi) is 6.58. The standard InChI is InChI=1S/C20H25N3O5/c1-13-17(11-28-20(13)21-12-24)15-7-5-6-8-16(15)19(27)22-14(9-18(25)26)10-23(2,3)4/h5-8,11-12,14H,9-10H2,1-4H3,(H2-,21,22,24,25,26,27)/p+1/t14-/m1/s1. The molecular weight excluding hydrogens is 362 g/mol. The molecule has 1 aromatic carbocycles. The number of carboxylic acid groups (broad SMARTS) is 1. The summed E-state index contributed by atoms with van der Waals surface area (Å²) in [6.45, 7) is 2.25. The normalized spacial score (nSPS) is 12.3. The molecule has 1 heterocycles. The molecule has 28 heavy (non-hydrogen) atoms. The van der Waals surface area contributed by atoms with Crippen LogP contribution in [0.2, 0.25) is 0 Å². The number of rotatable bonds is 9. The molecule has 0 saturated carbocycles. The summed E-state index contributed by atoms with van der Waals surface area (Å²) in [4.78, 5) is 34.8. The number of amides is 2. The van der Waals surface area contributed by atoms with Crippen LogP contribution in [0.25, 0.3) is 11.1 Å². The lowest BCUT2D eigenvalue weighted by Crippen LogP contribution is -2.49. The second-order valence-electron chi connectivity index (χ2n) is 7.65. The van der Waals surface area contributed by atoms with Crippen molar-refractivity contribution in [1.82, 2.24) is 5.32 Å². The Morgan fingerprint density at radius 3 is 2.50 bits per heavy atom. The van der Waals surface area contributed by atoms with Gasteiger partial charge >= 0.3 is 5.97 Å². The molecular formula is C20H26N3O5+. The van der Waals surface area contributed by atoms with Crippen molar-refractivity contribution < 1.29 is 28.4 Å². The Hall–Kier alpha value is -3.13. The molecule has 0 radical (unpaired) electrons. The van der Waals surface area contributed by atoms with Gasteiger partial charge in [-0.05, 0) is 18.6 Å². The number of aliphatic carboxylic acids is 1. The van der Waals surface area contributed by atoms with Gasteiger partial charge in [-0.25, -0.2) is 0 Å². The van der Waals surface area contributed by atoms with Crippen LogP contribution in [0.15, 0.2) is 34.9 Å². The number of quaternary nitrogens is 1. The summed E-state index contributed by atoms with van der Waals surface area (Å²) >= 11 is 0. The number of hydrogen-bond donors (Lipinski definition) is 3. The van der Waals surface area contributed by atoms with E-state index in [0.29, 0.717) is 45.6 Å². The van der Waals surface area contributed by atoms with Crippen molar-refractivity contribution in [1.29, 1.82) is 0 Å². The highest BCUT2D eigenvalue weighted by Gasteiger charge is 2.25. The fourth-order valence-corrected chi connectivity index (χ4v) is 3.09. The first-order chi connectivity index (χ1) is 13.1. The lowest BCUT2D eigenvalue weighted by atomic mass is 9.98. The Morgan fingerprint density at radius 1 is 1.21 bits per heavy atom. The number of carboxylic acids is 1. The second-order valence-corrected chi connectivity index (χ2v) is 7.65. The summed E-state index contributed by atoms with van der Waals surface area (Å²) in [7, 11) is 5.81. The minimum absolute atomic E-state index is 0.165.